The van der Waals surface area contributed by atoms with E-state index in [2.05, 4.69) is 0 Å². The molecule has 0 aromatic heterocycles. The van der Waals surface area contributed by atoms with Gasteiger partial charge in [0.2, 0.25) is 0 Å². The maximum Gasteiger partial charge on any atom is 0.157 e. The molecule has 2 saturated carbocycles. The molecule has 19 heavy (non-hydrogen) atoms. The minimum absolute atomic E-state index is 0.134. The standard InChI is InChI=1S/C15H24F2O2/c1-2-19-13-8-7-12(14(16)15(13)17)11-5-3-10(9-18)4-6-11/h9-15H,2-8H2,1H3. The van der Waals surface area contributed by atoms with Gasteiger partial charge in [0, 0.05) is 12.5 Å². The lowest BCUT2D eigenvalue weighted by molar-refractivity contribution is -0.113. The van der Waals surface area contributed by atoms with Crippen molar-refractivity contribution in [2.75, 3.05) is 6.61 Å². The van der Waals surface area contributed by atoms with Gasteiger partial charge in [-0.25, -0.2) is 8.78 Å². The lowest BCUT2D eigenvalue weighted by atomic mass is 9.69. The maximum atomic E-state index is 14.3. The van der Waals surface area contributed by atoms with Crippen LogP contribution in [0.1, 0.15) is 45.4 Å². The fraction of sp³-hybridized carbons (Fsp3) is 0.933. The Morgan fingerprint density at radius 2 is 1.74 bits per heavy atom. The number of alkyl halides is 2. The third-order valence-corrected chi connectivity index (χ3v) is 4.85. The van der Waals surface area contributed by atoms with Crippen LogP contribution >= 0.6 is 0 Å². The van der Waals surface area contributed by atoms with Crippen molar-refractivity contribution < 1.29 is 18.3 Å². The predicted octanol–water partition coefficient (Wildman–Crippen LogP) is 3.48. The van der Waals surface area contributed by atoms with E-state index in [0.717, 1.165) is 32.0 Å². The van der Waals surface area contributed by atoms with Gasteiger partial charge in [-0.2, -0.15) is 0 Å². The summed E-state index contributed by atoms with van der Waals surface area (Å²) >= 11 is 0. The van der Waals surface area contributed by atoms with E-state index in [1.54, 1.807) is 0 Å². The van der Waals surface area contributed by atoms with Gasteiger partial charge in [0.15, 0.2) is 6.17 Å². The van der Waals surface area contributed by atoms with Crippen LogP contribution in [0.25, 0.3) is 0 Å². The van der Waals surface area contributed by atoms with Crippen molar-refractivity contribution in [2.45, 2.75) is 63.9 Å². The lowest BCUT2D eigenvalue weighted by Crippen LogP contribution is -2.45. The molecule has 2 rings (SSSR count). The first-order valence-corrected chi connectivity index (χ1v) is 7.52. The number of aldehydes is 1. The molecule has 2 fully saturated rings. The second kappa shape index (κ2) is 6.78. The monoisotopic (exact) mass is 274 g/mol. The minimum Gasteiger partial charge on any atom is -0.375 e. The van der Waals surface area contributed by atoms with Gasteiger partial charge in [-0.15, -0.1) is 0 Å². The van der Waals surface area contributed by atoms with E-state index in [4.69, 9.17) is 4.74 Å². The molecule has 0 amide bonds. The Balaban J connectivity index is 1.90. The summed E-state index contributed by atoms with van der Waals surface area (Å²) in [6, 6.07) is 0. The van der Waals surface area contributed by atoms with Gasteiger partial charge in [0.1, 0.15) is 12.5 Å². The molecule has 2 nitrogen and oxygen atoms in total. The Labute approximate surface area is 113 Å². The molecule has 4 atom stereocenters. The summed E-state index contributed by atoms with van der Waals surface area (Å²) in [6.45, 7) is 2.25. The molecule has 2 aliphatic rings. The Hall–Kier alpha value is -0.510. The highest BCUT2D eigenvalue weighted by Gasteiger charge is 2.44. The van der Waals surface area contributed by atoms with Gasteiger partial charge in [-0.3, -0.25) is 0 Å². The van der Waals surface area contributed by atoms with Crippen molar-refractivity contribution in [1.29, 1.82) is 0 Å². The van der Waals surface area contributed by atoms with E-state index in [1.807, 2.05) is 6.92 Å². The van der Waals surface area contributed by atoms with E-state index in [9.17, 15) is 13.6 Å². The number of rotatable bonds is 4. The van der Waals surface area contributed by atoms with E-state index in [-0.39, 0.29) is 17.8 Å². The van der Waals surface area contributed by atoms with Crippen LogP contribution in [0.3, 0.4) is 0 Å². The van der Waals surface area contributed by atoms with Crippen molar-refractivity contribution in [3.63, 3.8) is 0 Å². The summed E-state index contributed by atoms with van der Waals surface area (Å²) in [4.78, 5) is 10.7. The second-order valence-corrected chi connectivity index (χ2v) is 5.93. The van der Waals surface area contributed by atoms with Crippen LogP contribution in [-0.2, 0) is 9.53 Å². The number of ether oxygens (including phenoxy) is 1. The molecule has 0 bridgehead atoms. The maximum absolute atomic E-state index is 14.3. The molecular weight excluding hydrogens is 250 g/mol. The Bertz CT molecular complexity index is 290. The SMILES string of the molecule is CCOC1CCC(C2CCC(C=O)CC2)C(F)C1F. The van der Waals surface area contributed by atoms with Gasteiger partial charge >= 0.3 is 0 Å². The van der Waals surface area contributed by atoms with Crippen LogP contribution in [0.4, 0.5) is 8.78 Å². The number of carbonyl (C=O) groups is 1. The van der Waals surface area contributed by atoms with Crippen molar-refractivity contribution in [2.24, 2.45) is 17.8 Å². The fourth-order valence-electron chi connectivity index (χ4n) is 3.71. The number of halogens is 2. The average molecular weight is 274 g/mol. The quantitative estimate of drug-likeness (QED) is 0.734. The Morgan fingerprint density at radius 1 is 1.05 bits per heavy atom. The van der Waals surface area contributed by atoms with Gasteiger partial charge in [0.25, 0.3) is 0 Å². The van der Waals surface area contributed by atoms with Crippen LogP contribution in [0.2, 0.25) is 0 Å². The highest BCUT2D eigenvalue weighted by molar-refractivity contribution is 5.53. The van der Waals surface area contributed by atoms with E-state index >= 15 is 0 Å². The van der Waals surface area contributed by atoms with Crippen molar-refractivity contribution >= 4 is 6.29 Å². The summed E-state index contributed by atoms with van der Waals surface area (Å²) in [5.41, 5.74) is 0. The molecule has 0 aromatic rings. The summed E-state index contributed by atoms with van der Waals surface area (Å²) in [7, 11) is 0. The first kappa shape index (κ1) is 14.9. The van der Waals surface area contributed by atoms with Crippen LogP contribution in [0.5, 0.6) is 0 Å². The summed E-state index contributed by atoms with van der Waals surface area (Å²) in [5, 5.41) is 0. The van der Waals surface area contributed by atoms with Crippen LogP contribution in [-0.4, -0.2) is 31.3 Å². The fourth-order valence-corrected chi connectivity index (χ4v) is 3.71. The van der Waals surface area contributed by atoms with Gasteiger partial charge in [-0.1, -0.05) is 0 Å². The smallest absolute Gasteiger partial charge is 0.157 e. The van der Waals surface area contributed by atoms with Gasteiger partial charge < -0.3 is 9.53 Å². The van der Waals surface area contributed by atoms with Crippen molar-refractivity contribution in [3.8, 4) is 0 Å². The van der Waals surface area contributed by atoms with E-state index < -0.39 is 18.4 Å². The molecule has 0 aromatic carbocycles. The van der Waals surface area contributed by atoms with Gasteiger partial charge in [0.05, 0.1) is 6.10 Å². The summed E-state index contributed by atoms with van der Waals surface area (Å²) in [6.07, 6.45) is 2.28. The van der Waals surface area contributed by atoms with Gasteiger partial charge in [-0.05, 0) is 57.3 Å². The van der Waals surface area contributed by atoms with E-state index in [0.29, 0.717) is 19.4 Å². The number of carbonyl (C=O) groups excluding carboxylic acids is 1. The average Bonchev–Trinajstić information content (AvgIpc) is 2.45. The Kier molecular flexibility index (Phi) is 5.31. The summed E-state index contributed by atoms with van der Waals surface area (Å²) < 4.78 is 33.5. The molecule has 0 heterocycles. The topological polar surface area (TPSA) is 26.3 Å². The molecule has 2 aliphatic carbocycles. The first-order valence-electron chi connectivity index (χ1n) is 7.52. The molecule has 110 valence electrons. The van der Waals surface area contributed by atoms with Crippen molar-refractivity contribution in [1.82, 2.24) is 0 Å². The zero-order chi connectivity index (χ0) is 13.8. The highest BCUT2D eigenvalue weighted by Crippen LogP contribution is 2.42. The highest BCUT2D eigenvalue weighted by atomic mass is 19.2. The molecule has 0 N–H and O–H groups in total. The van der Waals surface area contributed by atoms with Crippen LogP contribution in [0.15, 0.2) is 0 Å². The third kappa shape index (κ3) is 3.33. The zero-order valence-electron chi connectivity index (χ0n) is 11.6. The molecule has 0 spiro atoms. The largest absolute Gasteiger partial charge is 0.375 e. The summed E-state index contributed by atoms with van der Waals surface area (Å²) in [5.74, 6) is 0.196. The lowest BCUT2D eigenvalue weighted by Gasteiger charge is -2.40. The van der Waals surface area contributed by atoms with Crippen molar-refractivity contribution in [3.05, 3.63) is 0 Å². The molecule has 4 heteroatoms. The molecule has 4 unspecified atom stereocenters. The molecule has 0 radical (unpaired) electrons. The molecular formula is C15H24F2O2. The predicted molar refractivity (Wildman–Crippen MR) is 69.4 cm³/mol. The first-order chi connectivity index (χ1) is 9.17. The second-order valence-electron chi connectivity index (χ2n) is 5.93. The normalized spacial score (nSPS) is 43.9. The minimum atomic E-state index is -1.48. The molecule has 0 saturated heterocycles. The van der Waals surface area contributed by atoms with Crippen LogP contribution in [0, 0.1) is 17.8 Å². The molecule has 0 aliphatic heterocycles. The Morgan fingerprint density at radius 3 is 2.32 bits per heavy atom. The number of hydrogen-bond acceptors (Lipinski definition) is 2. The van der Waals surface area contributed by atoms with Crippen LogP contribution < -0.4 is 0 Å². The third-order valence-electron chi connectivity index (χ3n) is 4.85. The van der Waals surface area contributed by atoms with E-state index in [1.165, 1.54) is 0 Å². The zero-order valence-corrected chi connectivity index (χ0v) is 11.6. The number of hydrogen-bond donors (Lipinski definition) is 0.